The van der Waals surface area contributed by atoms with Crippen LogP contribution >= 0.6 is 0 Å². The quantitative estimate of drug-likeness (QED) is 0.926. The van der Waals surface area contributed by atoms with E-state index >= 15 is 0 Å². The Morgan fingerprint density at radius 3 is 2.71 bits per heavy atom. The third-order valence-corrected chi connectivity index (χ3v) is 5.24. The van der Waals surface area contributed by atoms with E-state index in [2.05, 4.69) is 4.90 Å². The topological polar surface area (TPSA) is 40.5 Å². The predicted octanol–water partition coefficient (Wildman–Crippen LogP) is 3.36. The number of hydrogen-bond donors (Lipinski definition) is 1. The van der Waals surface area contributed by atoms with Gasteiger partial charge in [0.15, 0.2) is 0 Å². The standard InChI is InChI=1S/C18H25NO2/c20-17-8-4-3-6-15(17)9-10-18(21)19-12-11-14-5-1-2-7-16(14)13-19/h3-4,6,8,14,16,20H,1-2,5,7,9-13H2/t14-,16-/m1/s1. The summed E-state index contributed by atoms with van der Waals surface area (Å²) in [6, 6.07) is 7.31. The molecule has 3 heteroatoms. The SMILES string of the molecule is O=C(CCc1ccccc1O)N1CC[C@H]2CCCC[C@@H]2C1. The van der Waals surface area contributed by atoms with Crippen LogP contribution < -0.4 is 0 Å². The number of phenolic OH excluding ortho intramolecular Hbond substituents is 1. The summed E-state index contributed by atoms with van der Waals surface area (Å²) in [5, 5.41) is 9.76. The molecule has 2 atom stereocenters. The number of aromatic hydroxyl groups is 1. The first-order chi connectivity index (χ1) is 10.2. The molecule has 114 valence electrons. The van der Waals surface area contributed by atoms with Crippen LogP contribution in [0.15, 0.2) is 24.3 Å². The Balaban J connectivity index is 1.53. The maximum Gasteiger partial charge on any atom is 0.222 e. The van der Waals surface area contributed by atoms with Gasteiger partial charge in [-0.15, -0.1) is 0 Å². The van der Waals surface area contributed by atoms with Crippen molar-refractivity contribution >= 4 is 5.91 Å². The summed E-state index contributed by atoms with van der Waals surface area (Å²) in [4.78, 5) is 14.5. The van der Waals surface area contributed by atoms with Gasteiger partial charge in [-0.1, -0.05) is 37.5 Å². The summed E-state index contributed by atoms with van der Waals surface area (Å²) in [5.74, 6) is 2.15. The van der Waals surface area contributed by atoms with Crippen LogP contribution in [0.2, 0.25) is 0 Å². The number of aryl methyl sites for hydroxylation is 1. The molecule has 0 spiro atoms. The van der Waals surface area contributed by atoms with Gasteiger partial charge in [-0.05, 0) is 42.7 Å². The smallest absolute Gasteiger partial charge is 0.222 e. The number of carbonyl (C=O) groups is 1. The van der Waals surface area contributed by atoms with Crippen molar-refractivity contribution < 1.29 is 9.90 Å². The van der Waals surface area contributed by atoms with E-state index in [0.29, 0.717) is 18.6 Å². The normalized spacial score (nSPS) is 25.4. The second-order valence-corrected chi connectivity index (χ2v) is 6.56. The number of benzene rings is 1. The molecule has 1 aliphatic heterocycles. The minimum Gasteiger partial charge on any atom is -0.508 e. The first-order valence-corrected chi connectivity index (χ1v) is 8.28. The predicted molar refractivity (Wildman–Crippen MR) is 83.1 cm³/mol. The van der Waals surface area contributed by atoms with Crippen LogP contribution in [0.25, 0.3) is 0 Å². The van der Waals surface area contributed by atoms with E-state index in [0.717, 1.165) is 30.5 Å². The molecular formula is C18H25NO2. The summed E-state index contributed by atoms with van der Waals surface area (Å²) in [7, 11) is 0. The van der Waals surface area contributed by atoms with Crippen molar-refractivity contribution in [1.29, 1.82) is 0 Å². The zero-order valence-electron chi connectivity index (χ0n) is 12.6. The number of nitrogens with zero attached hydrogens (tertiary/aromatic N) is 1. The highest BCUT2D eigenvalue weighted by Gasteiger charge is 2.32. The Kier molecular flexibility index (Phi) is 4.47. The maximum atomic E-state index is 12.4. The van der Waals surface area contributed by atoms with Gasteiger partial charge in [0.25, 0.3) is 0 Å². The third kappa shape index (κ3) is 3.39. The summed E-state index contributed by atoms with van der Waals surface area (Å²) < 4.78 is 0. The number of fused-ring (bicyclic) bond motifs is 1. The molecule has 21 heavy (non-hydrogen) atoms. The summed E-state index contributed by atoms with van der Waals surface area (Å²) in [5.41, 5.74) is 0.874. The van der Waals surface area contributed by atoms with E-state index in [1.807, 2.05) is 18.2 Å². The fraction of sp³-hybridized carbons (Fsp3) is 0.611. The highest BCUT2D eigenvalue weighted by atomic mass is 16.3. The van der Waals surface area contributed by atoms with Crippen LogP contribution in [0, 0.1) is 11.8 Å². The van der Waals surface area contributed by atoms with Gasteiger partial charge in [0, 0.05) is 19.5 Å². The van der Waals surface area contributed by atoms with Crippen molar-refractivity contribution in [2.24, 2.45) is 11.8 Å². The fourth-order valence-electron chi connectivity index (χ4n) is 3.95. The molecule has 1 aliphatic carbocycles. The number of rotatable bonds is 3. The molecule has 3 rings (SSSR count). The molecule has 1 saturated carbocycles. The molecule has 1 aromatic carbocycles. The number of likely N-dealkylation sites (tertiary alicyclic amines) is 1. The molecule has 1 heterocycles. The first-order valence-electron chi connectivity index (χ1n) is 8.28. The lowest BCUT2D eigenvalue weighted by atomic mass is 9.75. The summed E-state index contributed by atoms with van der Waals surface area (Å²) in [6.07, 6.45) is 7.71. The Morgan fingerprint density at radius 2 is 1.90 bits per heavy atom. The molecule has 1 N–H and O–H groups in total. The number of para-hydroxylation sites is 1. The number of piperidine rings is 1. The molecule has 0 bridgehead atoms. The largest absolute Gasteiger partial charge is 0.508 e. The maximum absolute atomic E-state index is 12.4. The van der Waals surface area contributed by atoms with E-state index in [1.165, 1.54) is 32.1 Å². The van der Waals surface area contributed by atoms with Crippen LogP contribution in [0.1, 0.15) is 44.1 Å². The van der Waals surface area contributed by atoms with Gasteiger partial charge in [0.05, 0.1) is 0 Å². The van der Waals surface area contributed by atoms with E-state index in [9.17, 15) is 9.90 Å². The lowest BCUT2D eigenvalue weighted by Gasteiger charge is -2.41. The zero-order valence-corrected chi connectivity index (χ0v) is 12.6. The fourth-order valence-corrected chi connectivity index (χ4v) is 3.95. The molecule has 3 nitrogen and oxygen atoms in total. The molecule has 0 unspecified atom stereocenters. The van der Waals surface area contributed by atoms with E-state index in [1.54, 1.807) is 6.07 Å². The molecule has 2 aliphatic rings. The first kappa shape index (κ1) is 14.4. The van der Waals surface area contributed by atoms with Crippen molar-refractivity contribution in [1.82, 2.24) is 4.90 Å². The Morgan fingerprint density at radius 1 is 1.14 bits per heavy atom. The average molecular weight is 287 g/mol. The van der Waals surface area contributed by atoms with Gasteiger partial charge >= 0.3 is 0 Å². The van der Waals surface area contributed by atoms with Crippen molar-refractivity contribution in [3.63, 3.8) is 0 Å². The van der Waals surface area contributed by atoms with Crippen LogP contribution in [0.3, 0.4) is 0 Å². The minimum atomic E-state index is 0.252. The van der Waals surface area contributed by atoms with Gasteiger partial charge < -0.3 is 10.0 Å². The van der Waals surface area contributed by atoms with Gasteiger partial charge in [-0.25, -0.2) is 0 Å². The Hall–Kier alpha value is -1.51. The van der Waals surface area contributed by atoms with Crippen molar-refractivity contribution in [3.8, 4) is 5.75 Å². The summed E-state index contributed by atoms with van der Waals surface area (Å²) >= 11 is 0. The molecule has 2 fully saturated rings. The Bertz CT molecular complexity index is 500. The molecular weight excluding hydrogens is 262 g/mol. The van der Waals surface area contributed by atoms with Crippen molar-refractivity contribution in [2.75, 3.05) is 13.1 Å². The van der Waals surface area contributed by atoms with Gasteiger partial charge in [-0.2, -0.15) is 0 Å². The molecule has 0 radical (unpaired) electrons. The van der Waals surface area contributed by atoms with Crippen molar-refractivity contribution in [3.05, 3.63) is 29.8 Å². The van der Waals surface area contributed by atoms with Gasteiger partial charge in [-0.3, -0.25) is 4.79 Å². The number of carbonyl (C=O) groups excluding carboxylic acids is 1. The van der Waals surface area contributed by atoms with E-state index < -0.39 is 0 Å². The Labute approximate surface area is 127 Å². The monoisotopic (exact) mass is 287 g/mol. The minimum absolute atomic E-state index is 0.252. The highest BCUT2D eigenvalue weighted by Crippen LogP contribution is 2.36. The second-order valence-electron chi connectivity index (χ2n) is 6.56. The van der Waals surface area contributed by atoms with Gasteiger partial charge in [0.1, 0.15) is 5.75 Å². The lowest BCUT2D eigenvalue weighted by Crippen LogP contribution is -2.44. The molecule has 1 saturated heterocycles. The third-order valence-electron chi connectivity index (χ3n) is 5.24. The zero-order chi connectivity index (χ0) is 14.7. The van der Waals surface area contributed by atoms with Crippen LogP contribution in [0.5, 0.6) is 5.75 Å². The average Bonchev–Trinajstić information content (AvgIpc) is 2.53. The molecule has 1 aromatic rings. The molecule has 1 amide bonds. The van der Waals surface area contributed by atoms with Gasteiger partial charge in [0.2, 0.25) is 5.91 Å². The van der Waals surface area contributed by atoms with E-state index in [-0.39, 0.29) is 5.91 Å². The van der Waals surface area contributed by atoms with Crippen LogP contribution in [-0.4, -0.2) is 29.0 Å². The van der Waals surface area contributed by atoms with Crippen LogP contribution in [0.4, 0.5) is 0 Å². The molecule has 0 aromatic heterocycles. The van der Waals surface area contributed by atoms with Crippen LogP contribution in [-0.2, 0) is 11.2 Å². The number of amides is 1. The number of hydrogen-bond acceptors (Lipinski definition) is 2. The lowest BCUT2D eigenvalue weighted by molar-refractivity contribution is -0.134. The van der Waals surface area contributed by atoms with E-state index in [4.69, 9.17) is 0 Å². The summed E-state index contributed by atoms with van der Waals surface area (Å²) in [6.45, 7) is 1.89. The second kappa shape index (κ2) is 6.50. The van der Waals surface area contributed by atoms with Crippen molar-refractivity contribution in [2.45, 2.75) is 44.9 Å². The highest BCUT2D eigenvalue weighted by molar-refractivity contribution is 5.76. The number of phenols is 1.